The molecule has 0 bridgehead atoms. The fraction of sp³-hybridized carbons (Fsp3) is 0.667. The third kappa shape index (κ3) is 1.31. The highest BCUT2D eigenvalue weighted by Crippen LogP contribution is 2.24. The molecule has 0 aliphatic heterocycles. The van der Waals surface area contributed by atoms with E-state index >= 15 is 0 Å². The molecule has 0 saturated heterocycles. The molecule has 0 atom stereocenters. The van der Waals surface area contributed by atoms with Crippen LogP contribution in [-0.4, -0.2) is 14.9 Å². The largest absolute Gasteiger partial charge is 0.493 e. The van der Waals surface area contributed by atoms with Gasteiger partial charge in [0.15, 0.2) is 0 Å². The van der Waals surface area contributed by atoms with Gasteiger partial charge in [0.1, 0.15) is 0 Å². The minimum Gasteiger partial charge on any atom is -0.493 e. The standard InChI is InChI=1S/C9H16N2O/c1-5-8-7(4)10-11(6(2)3)9(8)12/h6,12H,5H2,1-4H3. The minimum atomic E-state index is 0.226. The van der Waals surface area contributed by atoms with Crippen LogP contribution in [0.25, 0.3) is 0 Å². The van der Waals surface area contributed by atoms with E-state index in [0.717, 1.165) is 17.7 Å². The number of aryl methyl sites for hydroxylation is 1. The smallest absolute Gasteiger partial charge is 0.213 e. The molecule has 0 saturated carbocycles. The van der Waals surface area contributed by atoms with Crippen LogP contribution in [0.1, 0.15) is 38.1 Å². The lowest BCUT2D eigenvalue weighted by Gasteiger charge is -2.06. The van der Waals surface area contributed by atoms with Crippen LogP contribution in [0, 0.1) is 6.92 Å². The molecular formula is C9H16N2O. The van der Waals surface area contributed by atoms with Crippen LogP contribution >= 0.6 is 0 Å². The Kier molecular flexibility index (Phi) is 2.40. The molecule has 0 aliphatic carbocycles. The van der Waals surface area contributed by atoms with Crippen molar-refractivity contribution < 1.29 is 5.11 Å². The summed E-state index contributed by atoms with van der Waals surface area (Å²) in [7, 11) is 0. The summed E-state index contributed by atoms with van der Waals surface area (Å²) in [5.74, 6) is 0.324. The van der Waals surface area contributed by atoms with Gasteiger partial charge in [-0.05, 0) is 27.2 Å². The van der Waals surface area contributed by atoms with Crippen molar-refractivity contribution in [2.24, 2.45) is 0 Å². The van der Waals surface area contributed by atoms with Crippen LogP contribution in [0.15, 0.2) is 0 Å². The first-order valence-electron chi connectivity index (χ1n) is 4.34. The van der Waals surface area contributed by atoms with Gasteiger partial charge in [-0.3, -0.25) is 0 Å². The summed E-state index contributed by atoms with van der Waals surface area (Å²) >= 11 is 0. The average Bonchev–Trinajstić information content (AvgIpc) is 2.27. The highest BCUT2D eigenvalue weighted by molar-refractivity contribution is 5.29. The van der Waals surface area contributed by atoms with Crippen molar-refractivity contribution in [3.8, 4) is 5.88 Å². The van der Waals surface area contributed by atoms with E-state index in [0.29, 0.717) is 5.88 Å². The lowest BCUT2D eigenvalue weighted by molar-refractivity contribution is 0.374. The molecule has 0 spiro atoms. The Bertz CT molecular complexity index is 276. The van der Waals surface area contributed by atoms with Gasteiger partial charge in [0, 0.05) is 5.56 Å². The highest BCUT2D eigenvalue weighted by Gasteiger charge is 2.13. The molecular weight excluding hydrogens is 152 g/mol. The quantitative estimate of drug-likeness (QED) is 0.733. The van der Waals surface area contributed by atoms with Crippen LogP contribution in [0.5, 0.6) is 5.88 Å². The van der Waals surface area contributed by atoms with Crippen molar-refractivity contribution in [2.75, 3.05) is 0 Å². The van der Waals surface area contributed by atoms with Gasteiger partial charge in [-0.1, -0.05) is 6.92 Å². The van der Waals surface area contributed by atoms with Gasteiger partial charge in [-0.25, -0.2) is 4.68 Å². The van der Waals surface area contributed by atoms with E-state index < -0.39 is 0 Å². The Morgan fingerprint density at radius 1 is 1.50 bits per heavy atom. The van der Waals surface area contributed by atoms with Crippen LogP contribution in [0.2, 0.25) is 0 Å². The molecule has 1 aromatic rings. The van der Waals surface area contributed by atoms with Gasteiger partial charge in [0.05, 0.1) is 11.7 Å². The van der Waals surface area contributed by atoms with E-state index in [1.807, 2.05) is 27.7 Å². The summed E-state index contributed by atoms with van der Waals surface area (Å²) in [4.78, 5) is 0. The Morgan fingerprint density at radius 2 is 2.08 bits per heavy atom. The van der Waals surface area contributed by atoms with E-state index in [9.17, 15) is 5.11 Å². The van der Waals surface area contributed by atoms with Gasteiger partial charge in [0.2, 0.25) is 5.88 Å². The lowest BCUT2D eigenvalue weighted by atomic mass is 10.2. The zero-order valence-electron chi connectivity index (χ0n) is 8.13. The van der Waals surface area contributed by atoms with E-state index in [-0.39, 0.29) is 6.04 Å². The van der Waals surface area contributed by atoms with Crippen LogP contribution in [0.3, 0.4) is 0 Å². The molecule has 0 aromatic carbocycles. The molecule has 0 radical (unpaired) electrons. The number of nitrogens with zero attached hydrogens (tertiary/aromatic N) is 2. The van der Waals surface area contributed by atoms with Crippen LogP contribution in [0.4, 0.5) is 0 Å². The first-order chi connectivity index (χ1) is 5.57. The van der Waals surface area contributed by atoms with Gasteiger partial charge < -0.3 is 5.11 Å². The Labute approximate surface area is 73.0 Å². The summed E-state index contributed by atoms with van der Waals surface area (Å²) < 4.78 is 1.66. The predicted molar refractivity (Wildman–Crippen MR) is 48.4 cm³/mol. The molecule has 1 aromatic heterocycles. The molecule has 0 amide bonds. The second-order valence-electron chi connectivity index (χ2n) is 3.28. The molecule has 3 nitrogen and oxygen atoms in total. The average molecular weight is 168 g/mol. The Hall–Kier alpha value is -0.990. The van der Waals surface area contributed by atoms with Crippen molar-refractivity contribution in [3.05, 3.63) is 11.3 Å². The molecule has 12 heavy (non-hydrogen) atoms. The fourth-order valence-electron chi connectivity index (χ4n) is 1.34. The maximum absolute atomic E-state index is 9.68. The third-order valence-corrected chi connectivity index (χ3v) is 2.02. The number of aromatic hydroxyl groups is 1. The molecule has 1 heterocycles. The number of hydrogen-bond donors (Lipinski definition) is 1. The molecule has 0 unspecified atom stereocenters. The first-order valence-corrected chi connectivity index (χ1v) is 4.34. The third-order valence-electron chi connectivity index (χ3n) is 2.02. The topological polar surface area (TPSA) is 38.0 Å². The number of aromatic nitrogens is 2. The monoisotopic (exact) mass is 168 g/mol. The predicted octanol–water partition coefficient (Wildman–Crippen LogP) is 2.04. The molecule has 0 fully saturated rings. The zero-order chi connectivity index (χ0) is 9.30. The van der Waals surface area contributed by atoms with Gasteiger partial charge in [-0.2, -0.15) is 5.10 Å². The second kappa shape index (κ2) is 3.17. The van der Waals surface area contributed by atoms with E-state index in [1.165, 1.54) is 0 Å². The van der Waals surface area contributed by atoms with Crippen molar-refractivity contribution in [3.63, 3.8) is 0 Å². The molecule has 3 heteroatoms. The SMILES string of the molecule is CCc1c(C)nn(C(C)C)c1O. The van der Waals surface area contributed by atoms with E-state index in [1.54, 1.807) is 4.68 Å². The van der Waals surface area contributed by atoms with Gasteiger partial charge in [-0.15, -0.1) is 0 Å². The summed E-state index contributed by atoms with van der Waals surface area (Å²) in [5.41, 5.74) is 1.90. The normalized spacial score (nSPS) is 11.1. The minimum absolute atomic E-state index is 0.226. The maximum Gasteiger partial charge on any atom is 0.213 e. The van der Waals surface area contributed by atoms with Crippen molar-refractivity contribution in [2.45, 2.75) is 40.2 Å². The number of hydrogen-bond acceptors (Lipinski definition) is 2. The summed E-state index contributed by atoms with van der Waals surface area (Å²) in [6, 6.07) is 0.226. The molecule has 1 N–H and O–H groups in total. The first kappa shape index (κ1) is 9.10. The molecule has 68 valence electrons. The summed E-state index contributed by atoms with van der Waals surface area (Å²) in [5, 5.41) is 13.9. The maximum atomic E-state index is 9.68. The van der Waals surface area contributed by atoms with Crippen LogP contribution < -0.4 is 0 Å². The van der Waals surface area contributed by atoms with Crippen molar-refractivity contribution >= 4 is 0 Å². The molecule has 1 rings (SSSR count). The van der Waals surface area contributed by atoms with Crippen LogP contribution in [-0.2, 0) is 6.42 Å². The van der Waals surface area contributed by atoms with Gasteiger partial charge >= 0.3 is 0 Å². The highest BCUT2D eigenvalue weighted by atomic mass is 16.3. The lowest BCUT2D eigenvalue weighted by Crippen LogP contribution is -2.01. The Morgan fingerprint density at radius 3 is 2.33 bits per heavy atom. The summed E-state index contributed by atoms with van der Waals surface area (Å²) in [6.45, 7) is 7.96. The van der Waals surface area contributed by atoms with Crippen molar-refractivity contribution in [1.29, 1.82) is 0 Å². The van der Waals surface area contributed by atoms with E-state index in [4.69, 9.17) is 0 Å². The second-order valence-corrected chi connectivity index (χ2v) is 3.28. The fourth-order valence-corrected chi connectivity index (χ4v) is 1.34. The van der Waals surface area contributed by atoms with E-state index in [2.05, 4.69) is 5.10 Å². The van der Waals surface area contributed by atoms with Gasteiger partial charge in [0.25, 0.3) is 0 Å². The molecule has 0 aliphatic rings. The Balaban J connectivity index is 3.17. The number of rotatable bonds is 2. The van der Waals surface area contributed by atoms with Crippen molar-refractivity contribution in [1.82, 2.24) is 9.78 Å². The zero-order valence-corrected chi connectivity index (χ0v) is 8.13. The summed E-state index contributed by atoms with van der Waals surface area (Å²) in [6.07, 6.45) is 0.838.